The first-order valence-corrected chi connectivity index (χ1v) is 6.19. The highest BCUT2D eigenvalue weighted by molar-refractivity contribution is 5.35. The average Bonchev–Trinajstić information content (AvgIpc) is 2.19. The van der Waals surface area contributed by atoms with E-state index in [1.165, 1.54) is 23.1 Å². The molecule has 1 aromatic carbocycles. The molecule has 1 rings (SSSR count). The summed E-state index contributed by atoms with van der Waals surface area (Å²) in [5.41, 5.74) is 10.2. The van der Waals surface area contributed by atoms with E-state index in [1.54, 1.807) is 0 Å². The fourth-order valence-corrected chi connectivity index (χ4v) is 2.07. The van der Waals surface area contributed by atoms with E-state index in [1.807, 2.05) is 0 Å². The Morgan fingerprint density at radius 2 is 1.88 bits per heavy atom. The zero-order chi connectivity index (χ0) is 12.3. The Morgan fingerprint density at radius 3 is 2.44 bits per heavy atom. The summed E-state index contributed by atoms with van der Waals surface area (Å²) in [6.45, 7) is 10.9. The summed E-state index contributed by atoms with van der Waals surface area (Å²) in [5, 5.41) is 0. The van der Waals surface area contributed by atoms with Crippen LogP contribution in [-0.4, -0.2) is 0 Å². The summed E-state index contributed by atoms with van der Waals surface area (Å²) in [4.78, 5) is 0. The lowest BCUT2D eigenvalue weighted by atomic mass is 9.83. The minimum Gasteiger partial charge on any atom is -0.322 e. The predicted molar refractivity (Wildman–Crippen MR) is 71.5 cm³/mol. The van der Waals surface area contributed by atoms with Gasteiger partial charge in [0.1, 0.15) is 0 Å². The summed E-state index contributed by atoms with van der Waals surface area (Å²) in [6, 6.07) is 6.55. The fourth-order valence-electron chi connectivity index (χ4n) is 2.07. The molecule has 0 saturated carbocycles. The van der Waals surface area contributed by atoms with E-state index in [9.17, 15) is 0 Å². The van der Waals surface area contributed by atoms with Crippen LogP contribution in [0.1, 0.15) is 50.3 Å². The molecule has 0 amide bonds. The molecule has 0 radical (unpaired) electrons. The quantitative estimate of drug-likeness (QED) is 0.816. The second-order valence-corrected chi connectivity index (χ2v) is 5.67. The van der Waals surface area contributed by atoms with Crippen molar-refractivity contribution in [1.29, 1.82) is 0 Å². The Morgan fingerprint density at radius 1 is 1.25 bits per heavy atom. The van der Waals surface area contributed by atoms with Crippen LogP contribution >= 0.6 is 0 Å². The van der Waals surface area contributed by atoms with E-state index in [4.69, 9.17) is 5.73 Å². The maximum atomic E-state index is 6.46. The van der Waals surface area contributed by atoms with Crippen LogP contribution in [0.5, 0.6) is 0 Å². The van der Waals surface area contributed by atoms with Gasteiger partial charge in [0, 0.05) is 5.54 Å². The number of benzene rings is 1. The largest absolute Gasteiger partial charge is 0.322 e. The Labute approximate surface area is 100 Å². The summed E-state index contributed by atoms with van der Waals surface area (Å²) in [7, 11) is 0. The molecule has 0 aliphatic carbocycles. The molecule has 1 aromatic rings. The Kier molecular flexibility index (Phi) is 4.15. The molecule has 0 bridgehead atoms. The second-order valence-electron chi connectivity index (χ2n) is 5.67. The number of aryl methyl sites for hydroxylation is 2. The summed E-state index contributed by atoms with van der Waals surface area (Å²) in [5.74, 6) is 0.716. The van der Waals surface area contributed by atoms with Crippen LogP contribution in [0, 0.1) is 19.8 Å². The Bertz CT molecular complexity index is 350. The van der Waals surface area contributed by atoms with Crippen molar-refractivity contribution in [1.82, 2.24) is 0 Å². The van der Waals surface area contributed by atoms with Gasteiger partial charge in [0.25, 0.3) is 0 Å². The van der Waals surface area contributed by atoms with Gasteiger partial charge >= 0.3 is 0 Å². The monoisotopic (exact) mass is 219 g/mol. The lowest BCUT2D eigenvalue weighted by molar-refractivity contribution is 0.395. The molecule has 0 aliphatic rings. The predicted octanol–water partition coefficient (Wildman–Crippen LogP) is 3.91. The Balaban J connectivity index is 2.92. The molecule has 1 unspecified atom stereocenters. The van der Waals surface area contributed by atoms with Crippen molar-refractivity contribution in [2.45, 2.75) is 53.0 Å². The second kappa shape index (κ2) is 5.01. The normalized spacial score (nSPS) is 15.2. The minimum absolute atomic E-state index is 0.194. The third-order valence-corrected chi connectivity index (χ3v) is 3.25. The SMILES string of the molecule is Cc1ccc(C)c(C(C)(N)CCC(C)C)c1. The van der Waals surface area contributed by atoms with E-state index in [-0.39, 0.29) is 5.54 Å². The van der Waals surface area contributed by atoms with Crippen LogP contribution in [-0.2, 0) is 5.54 Å². The molecular formula is C15H25N. The van der Waals surface area contributed by atoms with E-state index in [2.05, 4.69) is 52.8 Å². The van der Waals surface area contributed by atoms with Crippen LogP contribution in [0.15, 0.2) is 18.2 Å². The molecule has 1 atom stereocenters. The van der Waals surface area contributed by atoms with Gasteiger partial charge in [0.2, 0.25) is 0 Å². The summed E-state index contributed by atoms with van der Waals surface area (Å²) < 4.78 is 0. The lowest BCUT2D eigenvalue weighted by Gasteiger charge is -2.28. The van der Waals surface area contributed by atoms with Crippen molar-refractivity contribution in [3.8, 4) is 0 Å². The van der Waals surface area contributed by atoms with Crippen LogP contribution in [0.4, 0.5) is 0 Å². The van der Waals surface area contributed by atoms with Gasteiger partial charge in [-0.2, -0.15) is 0 Å². The fraction of sp³-hybridized carbons (Fsp3) is 0.600. The first-order chi connectivity index (χ1) is 7.33. The van der Waals surface area contributed by atoms with Gasteiger partial charge in [0.05, 0.1) is 0 Å². The lowest BCUT2D eigenvalue weighted by Crippen LogP contribution is -2.34. The highest BCUT2D eigenvalue weighted by Crippen LogP contribution is 2.28. The van der Waals surface area contributed by atoms with Gasteiger partial charge in [-0.05, 0) is 50.7 Å². The van der Waals surface area contributed by atoms with Crippen molar-refractivity contribution >= 4 is 0 Å². The van der Waals surface area contributed by atoms with Crippen molar-refractivity contribution in [2.75, 3.05) is 0 Å². The van der Waals surface area contributed by atoms with Crippen LogP contribution < -0.4 is 5.73 Å². The molecule has 2 N–H and O–H groups in total. The molecule has 1 nitrogen and oxygen atoms in total. The first-order valence-electron chi connectivity index (χ1n) is 6.19. The maximum Gasteiger partial charge on any atom is 0.0383 e. The summed E-state index contributed by atoms with van der Waals surface area (Å²) >= 11 is 0. The maximum absolute atomic E-state index is 6.46. The topological polar surface area (TPSA) is 26.0 Å². The third kappa shape index (κ3) is 3.34. The zero-order valence-corrected chi connectivity index (χ0v) is 11.3. The number of nitrogens with two attached hydrogens (primary N) is 1. The molecule has 0 fully saturated rings. The number of hydrogen-bond donors (Lipinski definition) is 1. The standard InChI is InChI=1S/C15H25N/c1-11(2)8-9-15(5,16)14-10-12(3)6-7-13(14)4/h6-7,10-11H,8-9,16H2,1-5H3. The minimum atomic E-state index is -0.194. The van der Waals surface area contributed by atoms with Crippen LogP contribution in [0.3, 0.4) is 0 Å². The van der Waals surface area contributed by atoms with Crippen molar-refractivity contribution in [2.24, 2.45) is 11.7 Å². The highest BCUT2D eigenvalue weighted by Gasteiger charge is 2.23. The number of rotatable bonds is 4. The van der Waals surface area contributed by atoms with Gasteiger partial charge in [-0.3, -0.25) is 0 Å². The molecule has 0 heterocycles. The van der Waals surface area contributed by atoms with E-state index in [0.717, 1.165) is 6.42 Å². The molecular weight excluding hydrogens is 194 g/mol. The van der Waals surface area contributed by atoms with Gasteiger partial charge in [-0.25, -0.2) is 0 Å². The van der Waals surface area contributed by atoms with E-state index >= 15 is 0 Å². The van der Waals surface area contributed by atoms with Crippen LogP contribution in [0.25, 0.3) is 0 Å². The van der Waals surface area contributed by atoms with E-state index < -0.39 is 0 Å². The van der Waals surface area contributed by atoms with Crippen molar-refractivity contribution < 1.29 is 0 Å². The van der Waals surface area contributed by atoms with E-state index in [0.29, 0.717) is 5.92 Å². The van der Waals surface area contributed by atoms with Gasteiger partial charge in [-0.1, -0.05) is 37.6 Å². The molecule has 0 spiro atoms. The molecule has 1 heteroatoms. The average molecular weight is 219 g/mol. The Hall–Kier alpha value is -0.820. The first kappa shape index (κ1) is 13.2. The highest BCUT2D eigenvalue weighted by atomic mass is 14.7. The third-order valence-electron chi connectivity index (χ3n) is 3.25. The molecule has 16 heavy (non-hydrogen) atoms. The van der Waals surface area contributed by atoms with Crippen molar-refractivity contribution in [3.63, 3.8) is 0 Å². The molecule has 0 aliphatic heterocycles. The molecule has 0 saturated heterocycles. The van der Waals surface area contributed by atoms with Crippen LogP contribution in [0.2, 0.25) is 0 Å². The number of hydrogen-bond acceptors (Lipinski definition) is 1. The van der Waals surface area contributed by atoms with Gasteiger partial charge < -0.3 is 5.73 Å². The van der Waals surface area contributed by atoms with Gasteiger partial charge in [0.15, 0.2) is 0 Å². The zero-order valence-electron chi connectivity index (χ0n) is 11.3. The molecule has 90 valence electrons. The summed E-state index contributed by atoms with van der Waals surface area (Å²) in [6.07, 6.45) is 2.23. The molecule has 0 aromatic heterocycles. The van der Waals surface area contributed by atoms with Gasteiger partial charge in [-0.15, -0.1) is 0 Å². The smallest absolute Gasteiger partial charge is 0.0383 e. The van der Waals surface area contributed by atoms with Crippen molar-refractivity contribution in [3.05, 3.63) is 34.9 Å².